The van der Waals surface area contributed by atoms with Gasteiger partial charge in [0.1, 0.15) is 12.6 Å². The summed E-state index contributed by atoms with van der Waals surface area (Å²) in [4.78, 5) is 41.2. The van der Waals surface area contributed by atoms with Crippen LogP contribution in [0.5, 0.6) is 0 Å². The van der Waals surface area contributed by atoms with Crippen LogP contribution in [0, 0.1) is 0 Å². The number of nitrogens with one attached hydrogen (secondary N) is 1. The van der Waals surface area contributed by atoms with Gasteiger partial charge < -0.3 is 20.0 Å². The van der Waals surface area contributed by atoms with E-state index in [1.165, 1.54) is 4.90 Å². The molecule has 0 spiro atoms. The Balaban J connectivity index is 1.58. The monoisotopic (exact) mass is 294 g/mol. The summed E-state index contributed by atoms with van der Waals surface area (Å²) in [5, 5.41) is 2.82. The Morgan fingerprint density at radius 1 is 1.19 bits per heavy atom. The molecule has 2 atom stereocenters. The molecule has 4 amide bonds. The number of hydrogen-bond acceptors (Lipinski definition) is 3. The van der Waals surface area contributed by atoms with Crippen molar-refractivity contribution in [2.24, 2.45) is 0 Å². The van der Waals surface area contributed by atoms with Crippen molar-refractivity contribution in [2.75, 3.05) is 33.2 Å². The van der Waals surface area contributed by atoms with Gasteiger partial charge >= 0.3 is 6.03 Å². The first kappa shape index (κ1) is 14.2. The molecule has 0 saturated carbocycles. The van der Waals surface area contributed by atoms with Crippen molar-refractivity contribution in [3.05, 3.63) is 0 Å². The van der Waals surface area contributed by atoms with Gasteiger partial charge in [-0.1, -0.05) is 0 Å². The number of nitrogens with zero attached hydrogens (tertiary/aromatic N) is 3. The lowest BCUT2D eigenvalue weighted by atomic mass is 10.0. The standard InChI is InChI=1S/C14H22N4O3/c1-16-6-7-17(9-12(16)19)14(21)15-11-8-10-4-2-3-5-18(10)13(11)20/h10-11H,2-9H2,1H3,(H,15,21). The highest BCUT2D eigenvalue weighted by Gasteiger charge is 2.41. The Bertz CT molecular complexity index is 467. The molecule has 3 rings (SSSR count). The van der Waals surface area contributed by atoms with E-state index in [1.54, 1.807) is 11.9 Å². The number of carbonyl (C=O) groups excluding carboxylic acids is 3. The van der Waals surface area contributed by atoms with Crippen molar-refractivity contribution in [1.29, 1.82) is 0 Å². The molecule has 7 heteroatoms. The van der Waals surface area contributed by atoms with Crippen LogP contribution in [-0.4, -0.2) is 77.9 Å². The zero-order valence-electron chi connectivity index (χ0n) is 12.4. The fourth-order valence-electron chi connectivity index (χ4n) is 3.40. The van der Waals surface area contributed by atoms with E-state index in [1.807, 2.05) is 4.90 Å². The third-order valence-corrected chi connectivity index (χ3v) is 4.76. The maximum Gasteiger partial charge on any atom is 0.318 e. The Hall–Kier alpha value is -1.79. The number of piperidine rings is 1. The number of fused-ring (bicyclic) bond motifs is 1. The predicted molar refractivity (Wildman–Crippen MR) is 75.5 cm³/mol. The Morgan fingerprint density at radius 2 is 2.00 bits per heavy atom. The normalized spacial score (nSPS) is 29.7. The molecule has 116 valence electrons. The van der Waals surface area contributed by atoms with Crippen molar-refractivity contribution in [2.45, 2.75) is 37.8 Å². The number of rotatable bonds is 1. The molecule has 7 nitrogen and oxygen atoms in total. The zero-order chi connectivity index (χ0) is 15.0. The van der Waals surface area contributed by atoms with Gasteiger partial charge in [-0.25, -0.2) is 4.79 Å². The van der Waals surface area contributed by atoms with Gasteiger partial charge in [0.05, 0.1) is 0 Å². The van der Waals surface area contributed by atoms with Gasteiger partial charge in [-0.2, -0.15) is 0 Å². The van der Waals surface area contributed by atoms with Crippen LogP contribution in [0.15, 0.2) is 0 Å². The third-order valence-electron chi connectivity index (χ3n) is 4.76. The van der Waals surface area contributed by atoms with E-state index in [4.69, 9.17) is 0 Å². The van der Waals surface area contributed by atoms with Crippen LogP contribution in [0.1, 0.15) is 25.7 Å². The van der Waals surface area contributed by atoms with Crippen molar-refractivity contribution in [1.82, 2.24) is 20.0 Å². The number of piperazine rings is 1. The third kappa shape index (κ3) is 2.69. The van der Waals surface area contributed by atoms with E-state index < -0.39 is 6.04 Å². The molecule has 3 aliphatic heterocycles. The highest BCUT2D eigenvalue weighted by Crippen LogP contribution is 2.28. The number of likely N-dealkylation sites (N-methyl/N-ethyl adjacent to an activating group) is 1. The smallest absolute Gasteiger partial charge is 0.318 e. The second kappa shape index (κ2) is 5.54. The van der Waals surface area contributed by atoms with Crippen molar-refractivity contribution in [3.63, 3.8) is 0 Å². The Kier molecular flexibility index (Phi) is 3.73. The van der Waals surface area contributed by atoms with Crippen LogP contribution in [0.3, 0.4) is 0 Å². The maximum absolute atomic E-state index is 12.3. The summed E-state index contributed by atoms with van der Waals surface area (Å²) >= 11 is 0. The molecular weight excluding hydrogens is 272 g/mol. The largest absolute Gasteiger partial charge is 0.342 e. The minimum absolute atomic E-state index is 0.0357. The Morgan fingerprint density at radius 3 is 2.71 bits per heavy atom. The summed E-state index contributed by atoms with van der Waals surface area (Å²) in [6.45, 7) is 1.96. The fourth-order valence-corrected chi connectivity index (χ4v) is 3.40. The molecule has 0 aromatic heterocycles. The topological polar surface area (TPSA) is 73.0 Å². The average molecular weight is 294 g/mol. The molecule has 0 radical (unpaired) electrons. The first-order valence-corrected chi connectivity index (χ1v) is 7.66. The van der Waals surface area contributed by atoms with Crippen LogP contribution in [-0.2, 0) is 9.59 Å². The first-order chi connectivity index (χ1) is 10.1. The van der Waals surface area contributed by atoms with Gasteiger partial charge in [-0.05, 0) is 25.7 Å². The lowest BCUT2D eigenvalue weighted by molar-refractivity contribution is -0.133. The number of urea groups is 1. The molecule has 2 unspecified atom stereocenters. The lowest BCUT2D eigenvalue weighted by Crippen LogP contribution is -2.55. The van der Waals surface area contributed by atoms with E-state index >= 15 is 0 Å². The second-order valence-electron chi connectivity index (χ2n) is 6.16. The summed E-state index contributed by atoms with van der Waals surface area (Å²) < 4.78 is 0. The van der Waals surface area contributed by atoms with Gasteiger partial charge in [0, 0.05) is 32.7 Å². The summed E-state index contributed by atoms with van der Waals surface area (Å²) in [5.74, 6) is -0.0277. The number of hydrogen-bond donors (Lipinski definition) is 1. The molecule has 3 heterocycles. The van der Waals surface area contributed by atoms with Crippen LogP contribution in [0.4, 0.5) is 4.79 Å². The second-order valence-corrected chi connectivity index (χ2v) is 6.16. The predicted octanol–water partition coefficient (Wildman–Crippen LogP) is -0.377. The van der Waals surface area contributed by atoms with Gasteiger partial charge in [-0.3, -0.25) is 9.59 Å². The summed E-state index contributed by atoms with van der Waals surface area (Å²) in [6.07, 6.45) is 3.94. The molecule has 0 aromatic rings. The molecule has 3 fully saturated rings. The van der Waals surface area contributed by atoms with Crippen molar-refractivity contribution >= 4 is 17.8 Å². The number of carbonyl (C=O) groups is 3. The van der Waals surface area contributed by atoms with E-state index in [0.29, 0.717) is 19.5 Å². The van der Waals surface area contributed by atoms with Crippen LogP contribution < -0.4 is 5.32 Å². The van der Waals surface area contributed by atoms with Gasteiger partial charge in [0.25, 0.3) is 0 Å². The maximum atomic E-state index is 12.3. The van der Waals surface area contributed by atoms with E-state index in [2.05, 4.69) is 5.32 Å². The first-order valence-electron chi connectivity index (χ1n) is 7.66. The molecule has 3 saturated heterocycles. The van der Waals surface area contributed by atoms with Gasteiger partial charge in [0.2, 0.25) is 11.8 Å². The number of amides is 4. The van der Waals surface area contributed by atoms with Crippen LogP contribution in [0.25, 0.3) is 0 Å². The van der Waals surface area contributed by atoms with Gasteiger partial charge in [-0.15, -0.1) is 0 Å². The Labute approximate surface area is 124 Å². The molecular formula is C14H22N4O3. The molecule has 0 bridgehead atoms. The van der Waals surface area contributed by atoms with Crippen molar-refractivity contribution < 1.29 is 14.4 Å². The molecule has 3 aliphatic rings. The fraction of sp³-hybridized carbons (Fsp3) is 0.786. The van der Waals surface area contributed by atoms with E-state index in [0.717, 1.165) is 25.8 Å². The summed E-state index contributed by atoms with van der Waals surface area (Å²) in [6, 6.07) is -0.435. The van der Waals surface area contributed by atoms with E-state index in [-0.39, 0.29) is 30.4 Å². The lowest BCUT2D eigenvalue weighted by Gasteiger charge is -2.32. The zero-order valence-corrected chi connectivity index (χ0v) is 12.4. The van der Waals surface area contributed by atoms with Crippen LogP contribution in [0.2, 0.25) is 0 Å². The molecule has 0 aliphatic carbocycles. The molecule has 1 N–H and O–H groups in total. The minimum atomic E-state index is -0.421. The summed E-state index contributed by atoms with van der Waals surface area (Å²) in [7, 11) is 1.73. The quantitative estimate of drug-likeness (QED) is 0.717. The molecule has 21 heavy (non-hydrogen) atoms. The summed E-state index contributed by atoms with van der Waals surface area (Å²) in [5.41, 5.74) is 0. The SMILES string of the molecule is CN1CCN(C(=O)NC2CC3CCCCN3C2=O)CC1=O. The van der Waals surface area contributed by atoms with Gasteiger partial charge in [0.15, 0.2) is 0 Å². The molecule has 0 aromatic carbocycles. The minimum Gasteiger partial charge on any atom is -0.342 e. The highest BCUT2D eigenvalue weighted by atomic mass is 16.2. The average Bonchev–Trinajstić information content (AvgIpc) is 2.79. The highest BCUT2D eigenvalue weighted by molar-refractivity contribution is 5.91. The van der Waals surface area contributed by atoms with E-state index in [9.17, 15) is 14.4 Å². The van der Waals surface area contributed by atoms with Crippen LogP contribution >= 0.6 is 0 Å². The van der Waals surface area contributed by atoms with Crippen molar-refractivity contribution in [3.8, 4) is 0 Å².